The number of rotatable bonds is 3. The minimum absolute atomic E-state index is 0.284. The highest BCUT2D eigenvalue weighted by Crippen LogP contribution is 2.28. The largest absolute Gasteiger partial charge is 0.378 e. The first-order valence-corrected chi connectivity index (χ1v) is 6.72. The van der Waals surface area contributed by atoms with Gasteiger partial charge in [-0.2, -0.15) is 0 Å². The number of nitrogens with two attached hydrogens (primary N) is 1. The summed E-state index contributed by atoms with van der Waals surface area (Å²) >= 11 is 0. The van der Waals surface area contributed by atoms with Crippen molar-refractivity contribution in [3.05, 3.63) is 24.0 Å². The van der Waals surface area contributed by atoms with Crippen LogP contribution in [0.4, 0.5) is 10.3 Å². The summed E-state index contributed by atoms with van der Waals surface area (Å²) in [5.74, 6) is 0.616. The molecule has 5 heteroatoms. The summed E-state index contributed by atoms with van der Waals surface area (Å²) in [6, 6.07) is 4.61. The van der Waals surface area contributed by atoms with Gasteiger partial charge in [0.2, 0.25) is 5.95 Å². The third-order valence-electron chi connectivity index (χ3n) is 3.91. The summed E-state index contributed by atoms with van der Waals surface area (Å²) in [7, 11) is 0. The monoisotopic (exact) mass is 263 g/mol. The van der Waals surface area contributed by atoms with Crippen molar-refractivity contribution in [2.24, 2.45) is 5.92 Å². The second kappa shape index (κ2) is 4.81. The van der Waals surface area contributed by atoms with Gasteiger partial charge in [0, 0.05) is 25.1 Å². The van der Waals surface area contributed by atoms with Crippen LogP contribution in [-0.2, 0) is 11.3 Å². The molecule has 3 rings (SSSR count). The van der Waals surface area contributed by atoms with Crippen molar-refractivity contribution >= 4 is 17.0 Å². The molecule has 1 aliphatic heterocycles. The number of imidazole rings is 1. The Morgan fingerprint density at radius 1 is 1.53 bits per heavy atom. The van der Waals surface area contributed by atoms with Crippen LogP contribution in [-0.4, -0.2) is 22.3 Å². The molecule has 2 heterocycles. The van der Waals surface area contributed by atoms with Crippen molar-refractivity contribution in [3.63, 3.8) is 0 Å². The molecule has 2 atom stereocenters. The molecule has 1 aliphatic rings. The van der Waals surface area contributed by atoms with Gasteiger partial charge in [0.25, 0.3) is 0 Å². The third-order valence-corrected chi connectivity index (χ3v) is 3.91. The van der Waals surface area contributed by atoms with E-state index in [0.29, 0.717) is 17.4 Å². The maximum absolute atomic E-state index is 13.2. The van der Waals surface area contributed by atoms with Crippen LogP contribution in [0.2, 0.25) is 0 Å². The first-order chi connectivity index (χ1) is 9.19. The summed E-state index contributed by atoms with van der Waals surface area (Å²) in [6.07, 6.45) is 2.34. The van der Waals surface area contributed by atoms with Gasteiger partial charge in [0.15, 0.2) is 0 Å². The van der Waals surface area contributed by atoms with E-state index in [0.717, 1.165) is 31.5 Å². The Hall–Kier alpha value is -1.62. The van der Waals surface area contributed by atoms with Gasteiger partial charge in [-0.1, -0.05) is 6.92 Å². The lowest BCUT2D eigenvalue weighted by Gasteiger charge is -2.18. The van der Waals surface area contributed by atoms with Crippen LogP contribution in [0, 0.1) is 11.7 Å². The molecule has 1 aromatic carbocycles. The predicted octanol–water partition coefficient (Wildman–Crippen LogP) is 2.57. The lowest BCUT2D eigenvalue weighted by atomic mass is 9.99. The normalized spacial score (nSPS) is 23.3. The Labute approximate surface area is 111 Å². The van der Waals surface area contributed by atoms with Crippen LogP contribution < -0.4 is 5.73 Å². The minimum Gasteiger partial charge on any atom is -0.378 e. The van der Waals surface area contributed by atoms with E-state index in [4.69, 9.17) is 10.5 Å². The molecule has 0 spiro atoms. The first-order valence-electron chi connectivity index (χ1n) is 6.72. The molecule has 102 valence electrons. The maximum atomic E-state index is 13.2. The number of halogens is 1. The lowest BCUT2D eigenvalue weighted by molar-refractivity contribution is 0.0839. The summed E-state index contributed by atoms with van der Waals surface area (Å²) in [6.45, 7) is 3.73. The van der Waals surface area contributed by atoms with Gasteiger partial charge in [0.1, 0.15) is 5.82 Å². The average molecular weight is 263 g/mol. The van der Waals surface area contributed by atoms with Crippen LogP contribution in [0.25, 0.3) is 11.0 Å². The number of nitrogen functional groups attached to an aromatic ring is 1. The highest BCUT2D eigenvalue weighted by molar-refractivity contribution is 5.78. The number of hydrogen-bond donors (Lipinski definition) is 1. The molecule has 19 heavy (non-hydrogen) atoms. The summed E-state index contributed by atoms with van der Waals surface area (Å²) in [5.41, 5.74) is 7.46. The first kappa shape index (κ1) is 12.4. The van der Waals surface area contributed by atoms with Crippen molar-refractivity contribution in [2.45, 2.75) is 32.4 Å². The number of aromatic nitrogens is 2. The zero-order chi connectivity index (χ0) is 13.4. The molecule has 1 aromatic heterocycles. The molecule has 0 bridgehead atoms. The molecule has 2 unspecified atom stereocenters. The fourth-order valence-electron chi connectivity index (χ4n) is 2.90. The Bertz CT molecular complexity index is 596. The Morgan fingerprint density at radius 3 is 3.16 bits per heavy atom. The lowest BCUT2D eigenvalue weighted by Crippen LogP contribution is -2.21. The van der Waals surface area contributed by atoms with Gasteiger partial charge in [-0.05, 0) is 25.0 Å². The number of anilines is 1. The van der Waals surface area contributed by atoms with E-state index in [2.05, 4.69) is 11.9 Å². The quantitative estimate of drug-likeness (QED) is 0.926. The molecule has 1 fully saturated rings. The molecule has 2 N–H and O–H groups in total. The zero-order valence-corrected chi connectivity index (χ0v) is 11.0. The molecular formula is C14H18FN3O. The van der Waals surface area contributed by atoms with E-state index >= 15 is 0 Å². The maximum Gasteiger partial charge on any atom is 0.201 e. The van der Waals surface area contributed by atoms with E-state index in [1.165, 1.54) is 12.1 Å². The molecule has 0 saturated carbocycles. The number of fused-ring (bicyclic) bond motifs is 1. The van der Waals surface area contributed by atoms with Crippen molar-refractivity contribution in [2.75, 3.05) is 12.3 Å². The zero-order valence-electron chi connectivity index (χ0n) is 11.0. The molecule has 1 saturated heterocycles. The van der Waals surface area contributed by atoms with Crippen LogP contribution in [0.3, 0.4) is 0 Å². The smallest absolute Gasteiger partial charge is 0.201 e. The van der Waals surface area contributed by atoms with E-state index < -0.39 is 0 Å². The molecular weight excluding hydrogens is 245 g/mol. The number of ether oxygens (including phenoxy) is 1. The van der Waals surface area contributed by atoms with Crippen molar-refractivity contribution in [3.8, 4) is 0 Å². The highest BCUT2D eigenvalue weighted by atomic mass is 19.1. The van der Waals surface area contributed by atoms with Crippen molar-refractivity contribution < 1.29 is 9.13 Å². The van der Waals surface area contributed by atoms with Gasteiger partial charge in [-0.15, -0.1) is 0 Å². The minimum atomic E-state index is -0.284. The van der Waals surface area contributed by atoms with E-state index in [1.807, 2.05) is 4.57 Å². The van der Waals surface area contributed by atoms with Crippen molar-refractivity contribution in [1.82, 2.24) is 9.55 Å². The fraction of sp³-hybridized carbons (Fsp3) is 0.500. The Morgan fingerprint density at radius 2 is 2.37 bits per heavy atom. The van der Waals surface area contributed by atoms with Crippen LogP contribution in [0.1, 0.15) is 19.8 Å². The standard InChI is InChI=1S/C14H18FN3O/c1-2-13-9(5-6-19-13)8-18-12-4-3-10(15)7-11(12)17-14(18)16/h3-4,7,9,13H,2,5-6,8H2,1H3,(H2,16,17). The van der Waals surface area contributed by atoms with Crippen LogP contribution >= 0.6 is 0 Å². The molecule has 0 aliphatic carbocycles. The highest BCUT2D eigenvalue weighted by Gasteiger charge is 2.28. The second-order valence-corrected chi connectivity index (χ2v) is 5.08. The molecule has 4 nitrogen and oxygen atoms in total. The van der Waals surface area contributed by atoms with Crippen LogP contribution in [0.5, 0.6) is 0 Å². The van der Waals surface area contributed by atoms with Gasteiger partial charge in [-0.25, -0.2) is 9.37 Å². The molecule has 2 aromatic rings. The Kier molecular flexibility index (Phi) is 3.14. The third kappa shape index (κ3) is 2.18. The SMILES string of the molecule is CCC1OCCC1Cn1c(N)nc2cc(F)ccc21. The molecule has 0 radical (unpaired) electrons. The number of hydrogen-bond acceptors (Lipinski definition) is 3. The van der Waals surface area contributed by atoms with Crippen molar-refractivity contribution in [1.29, 1.82) is 0 Å². The summed E-state index contributed by atoms with van der Waals surface area (Å²) < 4.78 is 20.9. The van der Waals surface area contributed by atoms with E-state index in [-0.39, 0.29) is 11.9 Å². The summed E-state index contributed by atoms with van der Waals surface area (Å²) in [4.78, 5) is 4.23. The second-order valence-electron chi connectivity index (χ2n) is 5.08. The van der Waals surface area contributed by atoms with Gasteiger partial charge < -0.3 is 15.0 Å². The predicted molar refractivity (Wildman–Crippen MR) is 72.2 cm³/mol. The van der Waals surface area contributed by atoms with Gasteiger partial charge >= 0.3 is 0 Å². The molecule has 0 amide bonds. The fourth-order valence-corrected chi connectivity index (χ4v) is 2.90. The van der Waals surface area contributed by atoms with E-state index in [9.17, 15) is 4.39 Å². The summed E-state index contributed by atoms with van der Waals surface area (Å²) in [5, 5.41) is 0. The van der Waals surface area contributed by atoms with Gasteiger partial charge in [-0.3, -0.25) is 0 Å². The van der Waals surface area contributed by atoms with E-state index in [1.54, 1.807) is 6.07 Å². The average Bonchev–Trinajstić information content (AvgIpc) is 2.95. The Balaban J connectivity index is 1.94. The topological polar surface area (TPSA) is 53.1 Å². The van der Waals surface area contributed by atoms with Crippen LogP contribution in [0.15, 0.2) is 18.2 Å². The number of nitrogens with zero attached hydrogens (tertiary/aromatic N) is 2. The van der Waals surface area contributed by atoms with Gasteiger partial charge in [0.05, 0.1) is 17.1 Å². The number of benzene rings is 1.